The van der Waals surface area contributed by atoms with Crippen LogP contribution in [0.25, 0.3) is 0 Å². The Bertz CT molecular complexity index is 411. The Morgan fingerprint density at radius 3 is 2.83 bits per heavy atom. The molecule has 0 spiro atoms. The number of likely N-dealkylation sites (N-methyl/N-ethyl adjacent to an activating group) is 1. The zero-order valence-corrected chi connectivity index (χ0v) is 11.5. The Balaban J connectivity index is 1.41. The third-order valence-electron chi connectivity index (χ3n) is 4.61. The van der Waals surface area contributed by atoms with Gasteiger partial charge < -0.3 is 5.32 Å². The van der Waals surface area contributed by atoms with Crippen molar-refractivity contribution < 1.29 is 0 Å². The van der Waals surface area contributed by atoms with Crippen LogP contribution in [0.4, 0.5) is 0 Å². The smallest absolute Gasteiger partial charge is 0.0192 e. The molecule has 1 saturated carbocycles. The molecule has 0 radical (unpaired) electrons. The molecule has 0 heterocycles. The van der Waals surface area contributed by atoms with Crippen molar-refractivity contribution in [3.8, 4) is 0 Å². The molecule has 2 atom stereocenters. The summed E-state index contributed by atoms with van der Waals surface area (Å²) in [6, 6.07) is 10.4. The van der Waals surface area contributed by atoms with Crippen molar-refractivity contribution in [3.05, 3.63) is 35.4 Å². The Kier molecular flexibility index (Phi) is 3.40. The molecule has 1 aromatic carbocycles. The number of nitrogens with one attached hydrogen (secondary N) is 1. The molecular weight excluding hydrogens is 220 g/mol. The van der Waals surface area contributed by atoms with Crippen LogP contribution in [-0.2, 0) is 6.42 Å². The van der Waals surface area contributed by atoms with Crippen LogP contribution in [-0.4, -0.2) is 37.1 Å². The summed E-state index contributed by atoms with van der Waals surface area (Å²) >= 11 is 0. The summed E-state index contributed by atoms with van der Waals surface area (Å²) in [5.41, 5.74) is 3.11. The molecular formula is C16H24N2. The number of hydrogen-bond donors (Lipinski definition) is 1. The van der Waals surface area contributed by atoms with Gasteiger partial charge in [0, 0.05) is 31.1 Å². The fraction of sp³-hybridized carbons (Fsp3) is 0.625. The molecule has 2 aliphatic rings. The molecule has 2 unspecified atom stereocenters. The van der Waals surface area contributed by atoms with E-state index in [1.165, 1.54) is 19.3 Å². The second kappa shape index (κ2) is 5.02. The van der Waals surface area contributed by atoms with E-state index in [4.69, 9.17) is 0 Å². The Morgan fingerprint density at radius 2 is 2.11 bits per heavy atom. The highest BCUT2D eigenvalue weighted by Gasteiger charge is 2.29. The van der Waals surface area contributed by atoms with Gasteiger partial charge >= 0.3 is 0 Å². The Labute approximate surface area is 110 Å². The first kappa shape index (κ1) is 12.2. The van der Waals surface area contributed by atoms with E-state index in [1.54, 1.807) is 11.1 Å². The molecule has 18 heavy (non-hydrogen) atoms. The first-order chi connectivity index (χ1) is 8.75. The van der Waals surface area contributed by atoms with E-state index in [-0.39, 0.29) is 0 Å². The minimum Gasteiger partial charge on any atom is -0.315 e. The molecule has 0 aliphatic heterocycles. The normalized spacial score (nSPS) is 23.6. The number of hydrogen-bond acceptors (Lipinski definition) is 2. The van der Waals surface area contributed by atoms with E-state index in [0.717, 1.165) is 25.0 Å². The molecule has 0 aromatic heterocycles. The van der Waals surface area contributed by atoms with Crippen molar-refractivity contribution in [1.29, 1.82) is 0 Å². The lowest BCUT2D eigenvalue weighted by atomic mass is 9.77. The van der Waals surface area contributed by atoms with Crippen LogP contribution in [0.2, 0.25) is 0 Å². The van der Waals surface area contributed by atoms with Crippen LogP contribution < -0.4 is 5.32 Å². The summed E-state index contributed by atoms with van der Waals surface area (Å²) in [7, 11) is 2.27. The first-order valence-electron chi connectivity index (χ1n) is 7.26. The Morgan fingerprint density at radius 1 is 1.33 bits per heavy atom. The summed E-state index contributed by atoms with van der Waals surface area (Å²) in [6.45, 7) is 4.59. The van der Waals surface area contributed by atoms with Crippen molar-refractivity contribution in [2.24, 2.45) is 0 Å². The van der Waals surface area contributed by atoms with Gasteiger partial charge in [-0.1, -0.05) is 24.3 Å². The maximum atomic E-state index is 3.65. The van der Waals surface area contributed by atoms with Gasteiger partial charge in [0.15, 0.2) is 0 Å². The zero-order valence-electron chi connectivity index (χ0n) is 11.5. The molecule has 98 valence electrons. The molecule has 0 saturated heterocycles. The molecule has 0 amide bonds. The van der Waals surface area contributed by atoms with E-state index in [9.17, 15) is 0 Å². The maximum absolute atomic E-state index is 3.65. The van der Waals surface area contributed by atoms with Gasteiger partial charge in [0.25, 0.3) is 0 Å². The van der Waals surface area contributed by atoms with Crippen molar-refractivity contribution in [1.82, 2.24) is 10.2 Å². The number of fused-ring (bicyclic) bond motifs is 1. The lowest BCUT2D eigenvalue weighted by Crippen LogP contribution is -2.41. The summed E-state index contributed by atoms with van der Waals surface area (Å²) < 4.78 is 0. The highest BCUT2D eigenvalue weighted by atomic mass is 15.2. The number of benzene rings is 1. The number of rotatable bonds is 6. The minimum atomic E-state index is 0.660. The molecule has 1 aromatic rings. The van der Waals surface area contributed by atoms with Gasteiger partial charge in [-0.2, -0.15) is 0 Å². The minimum absolute atomic E-state index is 0.660. The second-order valence-corrected chi connectivity index (χ2v) is 6.00. The summed E-state index contributed by atoms with van der Waals surface area (Å²) in [5.74, 6) is 0.750. The molecule has 2 nitrogen and oxygen atoms in total. The van der Waals surface area contributed by atoms with E-state index < -0.39 is 0 Å². The van der Waals surface area contributed by atoms with Crippen LogP contribution in [0.5, 0.6) is 0 Å². The van der Waals surface area contributed by atoms with Crippen LogP contribution in [0, 0.1) is 0 Å². The fourth-order valence-electron chi connectivity index (χ4n) is 3.00. The van der Waals surface area contributed by atoms with Crippen molar-refractivity contribution in [2.45, 2.75) is 44.2 Å². The molecule has 1 fully saturated rings. The summed E-state index contributed by atoms with van der Waals surface area (Å²) in [6.07, 6.45) is 4.06. The Hall–Kier alpha value is -0.860. The average molecular weight is 244 g/mol. The van der Waals surface area contributed by atoms with E-state index in [2.05, 4.69) is 48.5 Å². The first-order valence-corrected chi connectivity index (χ1v) is 7.26. The largest absolute Gasteiger partial charge is 0.315 e. The van der Waals surface area contributed by atoms with Gasteiger partial charge in [-0.05, 0) is 44.4 Å². The molecule has 1 N–H and O–H groups in total. The standard InChI is InChI=1S/C16H24N2/c1-12(18(2)15-7-8-15)10-17-11-14-9-13-5-3-4-6-16(13)14/h3-6,12,14-15,17H,7-11H2,1-2H3. The summed E-state index contributed by atoms with van der Waals surface area (Å²) in [4.78, 5) is 2.53. The van der Waals surface area contributed by atoms with Gasteiger partial charge in [-0.15, -0.1) is 0 Å². The van der Waals surface area contributed by atoms with Gasteiger partial charge in [0.1, 0.15) is 0 Å². The monoisotopic (exact) mass is 244 g/mol. The van der Waals surface area contributed by atoms with Crippen LogP contribution in [0.3, 0.4) is 0 Å². The van der Waals surface area contributed by atoms with Gasteiger partial charge in [0.2, 0.25) is 0 Å². The third-order valence-corrected chi connectivity index (χ3v) is 4.61. The van der Waals surface area contributed by atoms with Crippen LogP contribution >= 0.6 is 0 Å². The third kappa shape index (κ3) is 2.45. The zero-order chi connectivity index (χ0) is 12.5. The molecule has 2 aliphatic carbocycles. The van der Waals surface area contributed by atoms with Gasteiger partial charge in [-0.25, -0.2) is 0 Å². The topological polar surface area (TPSA) is 15.3 Å². The van der Waals surface area contributed by atoms with Crippen LogP contribution in [0.15, 0.2) is 24.3 Å². The summed E-state index contributed by atoms with van der Waals surface area (Å²) in [5, 5.41) is 3.65. The molecule has 3 rings (SSSR count). The second-order valence-electron chi connectivity index (χ2n) is 6.00. The SMILES string of the molecule is CC(CNCC1Cc2ccccc21)N(C)C1CC1. The van der Waals surface area contributed by atoms with Crippen molar-refractivity contribution in [2.75, 3.05) is 20.1 Å². The van der Waals surface area contributed by atoms with Crippen molar-refractivity contribution >= 4 is 0 Å². The predicted octanol–water partition coefficient (Wildman–Crippen LogP) is 2.40. The predicted molar refractivity (Wildman–Crippen MR) is 76.0 cm³/mol. The van der Waals surface area contributed by atoms with E-state index in [1.807, 2.05) is 0 Å². The maximum Gasteiger partial charge on any atom is 0.0192 e. The molecule has 2 heteroatoms. The highest BCUT2D eigenvalue weighted by molar-refractivity contribution is 5.40. The van der Waals surface area contributed by atoms with Gasteiger partial charge in [0.05, 0.1) is 0 Å². The highest BCUT2D eigenvalue weighted by Crippen LogP contribution is 2.34. The number of nitrogens with zero attached hydrogens (tertiary/aromatic N) is 1. The van der Waals surface area contributed by atoms with E-state index in [0.29, 0.717) is 6.04 Å². The van der Waals surface area contributed by atoms with Gasteiger partial charge in [-0.3, -0.25) is 4.90 Å². The average Bonchev–Trinajstić information content (AvgIpc) is 3.18. The lowest BCUT2D eigenvalue weighted by Gasteiger charge is -2.31. The molecule has 0 bridgehead atoms. The lowest BCUT2D eigenvalue weighted by molar-refractivity contribution is 0.240. The van der Waals surface area contributed by atoms with Crippen molar-refractivity contribution in [3.63, 3.8) is 0 Å². The quantitative estimate of drug-likeness (QED) is 0.826. The van der Waals surface area contributed by atoms with Crippen LogP contribution in [0.1, 0.15) is 36.8 Å². The fourth-order valence-corrected chi connectivity index (χ4v) is 3.00. The van der Waals surface area contributed by atoms with E-state index >= 15 is 0 Å².